The van der Waals surface area contributed by atoms with Crippen LogP contribution in [-0.4, -0.2) is 5.12 Å². The Kier molecular flexibility index (Phi) is 2.70. The molecule has 0 saturated heterocycles. The van der Waals surface area contributed by atoms with Gasteiger partial charge in [0.05, 0.1) is 5.69 Å². The first-order chi connectivity index (χ1) is 5.59. The molecule has 64 valence electrons. The van der Waals surface area contributed by atoms with Crippen LogP contribution in [0.25, 0.3) is 0 Å². The van der Waals surface area contributed by atoms with Crippen LogP contribution in [0, 0.1) is 5.82 Å². The molecule has 0 aliphatic carbocycles. The quantitative estimate of drug-likeness (QED) is 0.538. The summed E-state index contributed by atoms with van der Waals surface area (Å²) in [5, 5.41) is -0.0407. The van der Waals surface area contributed by atoms with Gasteiger partial charge < -0.3 is 5.73 Å². The smallest absolute Gasteiger partial charge is 0.190 e. The summed E-state index contributed by atoms with van der Waals surface area (Å²) in [6.07, 6.45) is 0. The molecule has 0 heterocycles. The number of benzene rings is 1. The Morgan fingerprint density at radius 1 is 1.58 bits per heavy atom. The van der Waals surface area contributed by atoms with E-state index in [0.717, 1.165) is 11.8 Å². The Hall–Kier alpha value is -1.03. The number of halogens is 1. The lowest BCUT2D eigenvalue weighted by Gasteiger charge is -1.99. The lowest BCUT2D eigenvalue weighted by molar-refractivity contribution is -0.109. The molecule has 12 heavy (non-hydrogen) atoms. The molecule has 0 fully saturated rings. The summed E-state index contributed by atoms with van der Waals surface area (Å²) in [4.78, 5) is 11.3. The number of hydrogen-bond donors (Lipinski definition) is 1. The topological polar surface area (TPSA) is 43.1 Å². The molecule has 0 atom stereocenters. The van der Waals surface area contributed by atoms with Crippen molar-refractivity contribution in [2.45, 2.75) is 11.8 Å². The standard InChI is InChI=1S/C8H8FNOS/c1-5(11)12-6-2-3-7(9)8(10)4-6/h2-4H,10H2,1H3. The van der Waals surface area contributed by atoms with Gasteiger partial charge in [0.25, 0.3) is 0 Å². The maximum Gasteiger partial charge on any atom is 0.190 e. The molecule has 4 heteroatoms. The van der Waals surface area contributed by atoms with Gasteiger partial charge in [0.15, 0.2) is 5.12 Å². The van der Waals surface area contributed by atoms with Crippen molar-refractivity contribution in [3.05, 3.63) is 24.0 Å². The van der Waals surface area contributed by atoms with E-state index in [1.165, 1.54) is 25.1 Å². The molecule has 1 aromatic carbocycles. The molecule has 1 rings (SSSR count). The van der Waals surface area contributed by atoms with Gasteiger partial charge >= 0.3 is 0 Å². The van der Waals surface area contributed by atoms with E-state index in [2.05, 4.69) is 0 Å². The van der Waals surface area contributed by atoms with Crippen LogP contribution in [0.15, 0.2) is 23.1 Å². The van der Waals surface area contributed by atoms with Crippen LogP contribution in [-0.2, 0) is 4.79 Å². The number of nitrogen functional groups attached to an aromatic ring is 1. The first-order valence-electron chi connectivity index (χ1n) is 3.33. The Balaban J connectivity index is 2.89. The normalized spacial score (nSPS) is 9.83. The molecule has 1 aromatic rings. The lowest BCUT2D eigenvalue weighted by atomic mass is 10.3. The third-order valence-corrected chi connectivity index (χ3v) is 2.01. The monoisotopic (exact) mass is 185 g/mol. The SMILES string of the molecule is CC(=O)Sc1ccc(F)c(N)c1. The molecule has 0 saturated carbocycles. The molecule has 2 N–H and O–H groups in total. The van der Waals surface area contributed by atoms with Gasteiger partial charge in [-0.05, 0) is 18.2 Å². The molecule has 0 radical (unpaired) electrons. The predicted octanol–water partition coefficient (Wildman–Crippen LogP) is 2.05. The highest BCUT2D eigenvalue weighted by Crippen LogP contribution is 2.22. The summed E-state index contributed by atoms with van der Waals surface area (Å²) >= 11 is 1.04. The Morgan fingerprint density at radius 2 is 2.25 bits per heavy atom. The van der Waals surface area contributed by atoms with E-state index >= 15 is 0 Å². The molecule has 0 aromatic heterocycles. The molecular weight excluding hydrogens is 177 g/mol. The van der Waals surface area contributed by atoms with Gasteiger partial charge in [-0.2, -0.15) is 0 Å². The number of rotatable bonds is 1. The maximum atomic E-state index is 12.6. The first-order valence-corrected chi connectivity index (χ1v) is 4.14. The van der Waals surface area contributed by atoms with E-state index in [1.807, 2.05) is 0 Å². The fraction of sp³-hybridized carbons (Fsp3) is 0.125. The zero-order chi connectivity index (χ0) is 9.14. The van der Waals surface area contributed by atoms with Crippen LogP contribution in [0.5, 0.6) is 0 Å². The van der Waals surface area contributed by atoms with Gasteiger partial charge in [-0.25, -0.2) is 4.39 Å². The Labute approximate surface area is 74.0 Å². The molecule has 0 unspecified atom stereocenters. The van der Waals surface area contributed by atoms with Crippen molar-refractivity contribution in [3.63, 3.8) is 0 Å². The van der Waals surface area contributed by atoms with Gasteiger partial charge in [0, 0.05) is 11.8 Å². The Bertz CT molecular complexity index is 314. The zero-order valence-corrected chi connectivity index (χ0v) is 7.32. The van der Waals surface area contributed by atoms with Crippen molar-refractivity contribution in [2.24, 2.45) is 0 Å². The van der Waals surface area contributed by atoms with E-state index < -0.39 is 5.82 Å². The molecular formula is C8H8FNOS. The molecule has 0 aliphatic rings. The summed E-state index contributed by atoms with van der Waals surface area (Å²) in [6.45, 7) is 1.45. The highest BCUT2D eigenvalue weighted by atomic mass is 32.2. The Morgan fingerprint density at radius 3 is 2.75 bits per heavy atom. The molecule has 2 nitrogen and oxygen atoms in total. The summed E-state index contributed by atoms with van der Waals surface area (Å²) in [5.41, 5.74) is 5.37. The minimum atomic E-state index is -0.456. The van der Waals surface area contributed by atoms with E-state index in [1.54, 1.807) is 0 Å². The third-order valence-electron chi connectivity index (χ3n) is 1.23. The van der Waals surface area contributed by atoms with Gasteiger partial charge in [-0.15, -0.1) is 0 Å². The van der Waals surface area contributed by atoms with Crippen molar-refractivity contribution >= 4 is 22.6 Å². The fourth-order valence-electron chi connectivity index (χ4n) is 0.751. The van der Waals surface area contributed by atoms with Crippen molar-refractivity contribution < 1.29 is 9.18 Å². The number of hydrogen-bond acceptors (Lipinski definition) is 3. The maximum absolute atomic E-state index is 12.6. The van der Waals surface area contributed by atoms with E-state index in [-0.39, 0.29) is 10.8 Å². The zero-order valence-electron chi connectivity index (χ0n) is 6.50. The minimum Gasteiger partial charge on any atom is -0.396 e. The number of nitrogens with two attached hydrogens (primary N) is 1. The van der Waals surface area contributed by atoms with Crippen LogP contribution < -0.4 is 5.73 Å². The van der Waals surface area contributed by atoms with Gasteiger partial charge in [0.1, 0.15) is 5.82 Å². The van der Waals surface area contributed by atoms with Gasteiger partial charge in [0.2, 0.25) is 0 Å². The van der Waals surface area contributed by atoms with Crippen molar-refractivity contribution in [1.82, 2.24) is 0 Å². The summed E-state index contributed by atoms with van der Waals surface area (Å²) < 4.78 is 12.6. The van der Waals surface area contributed by atoms with Crippen LogP contribution in [0.1, 0.15) is 6.92 Å². The largest absolute Gasteiger partial charge is 0.396 e. The number of thioether (sulfide) groups is 1. The van der Waals surface area contributed by atoms with Crippen molar-refractivity contribution in [1.29, 1.82) is 0 Å². The third kappa shape index (κ3) is 2.23. The predicted molar refractivity (Wildman–Crippen MR) is 47.4 cm³/mol. The van der Waals surface area contributed by atoms with Crippen molar-refractivity contribution in [3.8, 4) is 0 Å². The second-order valence-electron chi connectivity index (χ2n) is 2.28. The highest BCUT2D eigenvalue weighted by Gasteiger charge is 2.01. The van der Waals surface area contributed by atoms with Crippen molar-refractivity contribution in [2.75, 3.05) is 5.73 Å². The molecule has 0 spiro atoms. The van der Waals surface area contributed by atoms with Crippen LogP contribution in [0.3, 0.4) is 0 Å². The number of carbonyl (C=O) groups is 1. The molecule has 0 bridgehead atoms. The van der Waals surface area contributed by atoms with E-state index in [9.17, 15) is 9.18 Å². The van der Waals surface area contributed by atoms with E-state index in [4.69, 9.17) is 5.73 Å². The highest BCUT2D eigenvalue weighted by molar-refractivity contribution is 8.13. The number of carbonyl (C=O) groups excluding carboxylic acids is 1. The summed E-state index contributed by atoms with van der Waals surface area (Å²) in [6, 6.07) is 4.22. The first kappa shape index (κ1) is 9.06. The average Bonchev–Trinajstić information content (AvgIpc) is 1.96. The fourth-order valence-corrected chi connectivity index (χ4v) is 1.41. The van der Waals surface area contributed by atoms with Crippen LogP contribution >= 0.6 is 11.8 Å². The van der Waals surface area contributed by atoms with Gasteiger partial charge in [-0.3, -0.25) is 4.79 Å². The number of anilines is 1. The summed E-state index contributed by atoms with van der Waals surface area (Å²) in [7, 11) is 0. The second-order valence-corrected chi connectivity index (χ2v) is 3.53. The molecule has 0 amide bonds. The molecule has 0 aliphatic heterocycles. The van der Waals surface area contributed by atoms with Crippen LogP contribution in [0.2, 0.25) is 0 Å². The lowest BCUT2D eigenvalue weighted by Crippen LogP contribution is -1.90. The van der Waals surface area contributed by atoms with Crippen LogP contribution in [0.4, 0.5) is 10.1 Å². The average molecular weight is 185 g/mol. The van der Waals surface area contributed by atoms with Gasteiger partial charge in [-0.1, -0.05) is 11.8 Å². The van der Waals surface area contributed by atoms with E-state index in [0.29, 0.717) is 4.90 Å². The second kappa shape index (κ2) is 3.58. The minimum absolute atomic E-state index is 0.0407. The summed E-state index contributed by atoms with van der Waals surface area (Å²) in [5.74, 6) is -0.456.